The Bertz CT molecular complexity index is 282. The topological polar surface area (TPSA) is 76.2 Å². The second-order valence-electron chi connectivity index (χ2n) is 2.57. The average molecular weight is 166 g/mol. The number of pyridine rings is 1. The van der Waals surface area contributed by atoms with E-state index in [0.29, 0.717) is 0 Å². The van der Waals surface area contributed by atoms with Crippen molar-refractivity contribution in [3.63, 3.8) is 0 Å². The van der Waals surface area contributed by atoms with Crippen molar-refractivity contribution in [1.82, 2.24) is 4.98 Å². The first-order valence-corrected chi connectivity index (χ1v) is 3.51. The summed E-state index contributed by atoms with van der Waals surface area (Å²) in [6.07, 6.45) is 0.271. The first kappa shape index (κ1) is 8.67. The van der Waals surface area contributed by atoms with E-state index in [9.17, 15) is 4.79 Å². The van der Waals surface area contributed by atoms with E-state index in [1.54, 1.807) is 18.3 Å². The fraction of sp³-hybridized carbons (Fsp3) is 0.250. The standard InChI is InChI=1S/C8H10N2O2/c1-5-2-3-6(10-4-5)7(11)8(9)12/h2-4,7,11H,1H3,(H2,9,12). The van der Waals surface area contributed by atoms with Gasteiger partial charge in [0.25, 0.3) is 5.91 Å². The molecule has 64 valence electrons. The number of carbonyl (C=O) groups excluding carboxylic acids is 1. The summed E-state index contributed by atoms with van der Waals surface area (Å²) in [6, 6.07) is 3.33. The molecule has 0 saturated carbocycles. The molecule has 0 aromatic carbocycles. The quantitative estimate of drug-likeness (QED) is 0.644. The molecule has 0 aliphatic rings. The Morgan fingerprint density at radius 1 is 1.67 bits per heavy atom. The number of aromatic nitrogens is 1. The fourth-order valence-corrected chi connectivity index (χ4v) is 0.787. The molecule has 0 radical (unpaired) electrons. The number of hydrogen-bond acceptors (Lipinski definition) is 3. The molecule has 1 amide bonds. The van der Waals surface area contributed by atoms with Gasteiger partial charge < -0.3 is 10.8 Å². The third kappa shape index (κ3) is 1.79. The van der Waals surface area contributed by atoms with Crippen molar-refractivity contribution in [2.75, 3.05) is 0 Å². The second kappa shape index (κ2) is 3.32. The Kier molecular flexibility index (Phi) is 2.40. The minimum atomic E-state index is -1.30. The first-order valence-electron chi connectivity index (χ1n) is 3.51. The van der Waals surface area contributed by atoms with E-state index in [1.807, 2.05) is 6.92 Å². The van der Waals surface area contributed by atoms with Gasteiger partial charge in [-0.25, -0.2) is 0 Å². The number of amides is 1. The number of rotatable bonds is 2. The molecule has 4 nitrogen and oxygen atoms in total. The summed E-state index contributed by atoms with van der Waals surface area (Å²) in [5, 5.41) is 9.15. The van der Waals surface area contributed by atoms with Crippen LogP contribution in [0.25, 0.3) is 0 Å². The van der Waals surface area contributed by atoms with Crippen LogP contribution in [-0.2, 0) is 4.79 Å². The summed E-state index contributed by atoms with van der Waals surface area (Å²) < 4.78 is 0. The number of aliphatic hydroxyl groups excluding tert-OH is 1. The molecule has 1 aromatic heterocycles. The van der Waals surface area contributed by atoms with Crippen LogP contribution in [0.4, 0.5) is 0 Å². The van der Waals surface area contributed by atoms with Crippen molar-refractivity contribution < 1.29 is 9.90 Å². The van der Waals surface area contributed by atoms with Gasteiger partial charge in [-0.05, 0) is 18.6 Å². The van der Waals surface area contributed by atoms with Gasteiger partial charge in [-0.15, -0.1) is 0 Å². The molecular weight excluding hydrogens is 156 g/mol. The van der Waals surface area contributed by atoms with E-state index in [-0.39, 0.29) is 5.69 Å². The minimum absolute atomic E-state index is 0.285. The molecule has 1 unspecified atom stereocenters. The van der Waals surface area contributed by atoms with Crippen LogP contribution in [-0.4, -0.2) is 16.0 Å². The molecule has 1 heterocycles. The number of aliphatic hydroxyl groups is 1. The third-order valence-corrected chi connectivity index (χ3v) is 1.48. The van der Waals surface area contributed by atoms with Crippen molar-refractivity contribution in [2.24, 2.45) is 5.73 Å². The lowest BCUT2D eigenvalue weighted by Crippen LogP contribution is -2.21. The van der Waals surface area contributed by atoms with Crippen molar-refractivity contribution in [3.8, 4) is 0 Å². The highest BCUT2D eigenvalue weighted by atomic mass is 16.3. The average Bonchev–Trinajstić information content (AvgIpc) is 2.04. The number of nitrogens with zero attached hydrogens (tertiary/aromatic N) is 1. The molecule has 1 atom stereocenters. The highest BCUT2D eigenvalue weighted by Gasteiger charge is 2.13. The summed E-state index contributed by atoms with van der Waals surface area (Å²) in [5.74, 6) is -0.786. The normalized spacial score (nSPS) is 12.5. The maximum absolute atomic E-state index is 10.5. The number of nitrogens with two attached hydrogens (primary N) is 1. The van der Waals surface area contributed by atoms with Crippen LogP contribution in [0.5, 0.6) is 0 Å². The van der Waals surface area contributed by atoms with Crippen LogP contribution in [0.1, 0.15) is 17.4 Å². The maximum Gasteiger partial charge on any atom is 0.252 e. The van der Waals surface area contributed by atoms with Crippen LogP contribution in [0.3, 0.4) is 0 Å². The summed E-state index contributed by atoms with van der Waals surface area (Å²) in [6.45, 7) is 1.87. The SMILES string of the molecule is Cc1ccc(C(O)C(N)=O)nc1. The zero-order chi connectivity index (χ0) is 9.14. The number of hydrogen-bond donors (Lipinski definition) is 2. The van der Waals surface area contributed by atoms with E-state index in [2.05, 4.69) is 4.98 Å². The van der Waals surface area contributed by atoms with E-state index in [0.717, 1.165) is 5.56 Å². The van der Waals surface area contributed by atoms with Gasteiger partial charge in [0.2, 0.25) is 0 Å². The first-order chi connectivity index (χ1) is 5.61. The van der Waals surface area contributed by atoms with Crippen LogP contribution >= 0.6 is 0 Å². The van der Waals surface area contributed by atoms with Crippen molar-refractivity contribution in [3.05, 3.63) is 29.6 Å². The zero-order valence-electron chi connectivity index (χ0n) is 6.69. The Morgan fingerprint density at radius 3 is 2.75 bits per heavy atom. The Hall–Kier alpha value is -1.42. The van der Waals surface area contributed by atoms with E-state index in [4.69, 9.17) is 10.8 Å². The smallest absolute Gasteiger partial charge is 0.252 e. The summed E-state index contributed by atoms with van der Waals surface area (Å²) in [5.41, 5.74) is 6.13. The summed E-state index contributed by atoms with van der Waals surface area (Å²) >= 11 is 0. The fourth-order valence-electron chi connectivity index (χ4n) is 0.787. The Balaban J connectivity index is 2.89. The van der Waals surface area contributed by atoms with Crippen LogP contribution in [0.15, 0.2) is 18.3 Å². The second-order valence-corrected chi connectivity index (χ2v) is 2.57. The van der Waals surface area contributed by atoms with Crippen LogP contribution < -0.4 is 5.73 Å². The Labute approximate surface area is 70.0 Å². The minimum Gasteiger partial charge on any atom is -0.377 e. The summed E-state index contributed by atoms with van der Waals surface area (Å²) in [7, 11) is 0. The number of primary amides is 1. The van der Waals surface area contributed by atoms with Gasteiger partial charge in [0.1, 0.15) is 0 Å². The van der Waals surface area contributed by atoms with E-state index in [1.165, 1.54) is 0 Å². The molecule has 0 saturated heterocycles. The van der Waals surface area contributed by atoms with Gasteiger partial charge in [0.15, 0.2) is 6.10 Å². The molecule has 4 heteroatoms. The van der Waals surface area contributed by atoms with Gasteiger partial charge in [-0.3, -0.25) is 9.78 Å². The van der Waals surface area contributed by atoms with Crippen molar-refractivity contribution >= 4 is 5.91 Å². The lowest BCUT2D eigenvalue weighted by Gasteiger charge is -2.04. The van der Waals surface area contributed by atoms with E-state index < -0.39 is 12.0 Å². The predicted octanol–water partition coefficient (Wildman–Crippen LogP) is -0.0913. The zero-order valence-corrected chi connectivity index (χ0v) is 6.69. The van der Waals surface area contributed by atoms with Crippen LogP contribution in [0.2, 0.25) is 0 Å². The monoisotopic (exact) mass is 166 g/mol. The molecule has 3 N–H and O–H groups in total. The van der Waals surface area contributed by atoms with Gasteiger partial charge in [-0.1, -0.05) is 6.07 Å². The van der Waals surface area contributed by atoms with Crippen molar-refractivity contribution in [2.45, 2.75) is 13.0 Å². The predicted molar refractivity (Wildman–Crippen MR) is 43.1 cm³/mol. The molecule has 0 fully saturated rings. The molecule has 1 aromatic rings. The molecule has 0 aliphatic heterocycles. The molecule has 1 rings (SSSR count). The van der Waals surface area contributed by atoms with Gasteiger partial charge in [0, 0.05) is 6.20 Å². The maximum atomic E-state index is 10.5. The van der Waals surface area contributed by atoms with Crippen molar-refractivity contribution in [1.29, 1.82) is 0 Å². The highest BCUT2D eigenvalue weighted by molar-refractivity contribution is 5.79. The largest absolute Gasteiger partial charge is 0.377 e. The lowest BCUT2D eigenvalue weighted by atomic mass is 10.2. The molecule has 12 heavy (non-hydrogen) atoms. The third-order valence-electron chi connectivity index (χ3n) is 1.48. The van der Waals surface area contributed by atoms with Gasteiger partial charge in [0.05, 0.1) is 5.69 Å². The number of carbonyl (C=O) groups is 1. The van der Waals surface area contributed by atoms with E-state index >= 15 is 0 Å². The molecular formula is C8H10N2O2. The molecule has 0 bridgehead atoms. The molecule has 0 aliphatic carbocycles. The van der Waals surface area contributed by atoms with Gasteiger partial charge >= 0.3 is 0 Å². The van der Waals surface area contributed by atoms with Gasteiger partial charge in [-0.2, -0.15) is 0 Å². The van der Waals surface area contributed by atoms with Crippen LogP contribution in [0, 0.1) is 6.92 Å². The summed E-state index contributed by atoms with van der Waals surface area (Å²) in [4.78, 5) is 14.4. The lowest BCUT2D eigenvalue weighted by molar-refractivity contribution is -0.126. The Morgan fingerprint density at radius 2 is 2.33 bits per heavy atom. The molecule has 0 spiro atoms. The highest BCUT2D eigenvalue weighted by Crippen LogP contribution is 2.08. The number of aryl methyl sites for hydroxylation is 1.